The van der Waals surface area contributed by atoms with Crippen molar-refractivity contribution in [3.8, 4) is 0 Å². The van der Waals surface area contributed by atoms with E-state index in [0.717, 1.165) is 154 Å². The maximum Gasteiger partial charge on any atom is 0.157 e. The number of aliphatic hydroxyl groups is 3. The molecule has 0 spiro atoms. The second-order valence-corrected chi connectivity index (χ2v) is 33.8. The predicted molar refractivity (Wildman–Crippen MR) is 348 cm³/mol. The summed E-state index contributed by atoms with van der Waals surface area (Å²) in [6.45, 7) is 27.9. The Morgan fingerprint density at radius 3 is 1.30 bits per heavy atom. The quantitative estimate of drug-likeness (QED) is 0.179. The van der Waals surface area contributed by atoms with Gasteiger partial charge >= 0.3 is 0 Å². The fraction of sp³-hybridized carbons (Fsp3) is 0.753. The van der Waals surface area contributed by atoms with Crippen LogP contribution in [-0.4, -0.2) is 73.0 Å². The summed E-state index contributed by atoms with van der Waals surface area (Å²) >= 11 is 0. The fourth-order valence-electron chi connectivity index (χ4n) is 23.9. The van der Waals surface area contributed by atoms with Crippen LogP contribution in [0, 0.1) is 133 Å². The maximum atomic E-state index is 13.4. The van der Waals surface area contributed by atoms with Crippen molar-refractivity contribution in [1.29, 1.82) is 0 Å². The highest BCUT2D eigenvalue weighted by Crippen LogP contribution is 2.67. The molecule has 0 aliphatic heterocycles. The summed E-state index contributed by atoms with van der Waals surface area (Å²) in [4.78, 5) is 26.7. The van der Waals surface area contributed by atoms with Gasteiger partial charge in [-0.1, -0.05) is 67.9 Å². The van der Waals surface area contributed by atoms with E-state index in [9.17, 15) is 24.9 Å². The lowest BCUT2D eigenvalue weighted by Crippen LogP contribution is -2.48. The first kappa shape index (κ1) is 62.6. The van der Waals surface area contributed by atoms with Crippen molar-refractivity contribution in [2.45, 2.75) is 260 Å². The van der Waals surface area contributed by atoms with E-state index in [1.54, 1.807) is 11.8 Å². The number of allylic oxidation sites excluding steroid dienone is 4. The van der Waals surface area contributed by atoms with Crippen LogP contribution in [0.4, 0.5) is 0 Å². The number of aromatic nitrogens is 6. The van der Waals surface area contributed by atoms with E-state index in [4.69, 9.17) is 0 Å². The molecule has 0 saturated heterocycles. The van der Waals surface area contributed by atoms with Crippen LogP contribution < -0.4 is 0 Å². The average Bonchev–Trinajstić information content (AvgIpc) is 1.90. The number of carbonyl (C=O) groups excluding carboxylic acids is 2. The third kappa shape index (κ3) is 11.5. The molecule has 9 fully saturated rings. The molecule has 12 aliphatic carbocycles. The van der Waals surface area contributed by atoms with Gasteiger partial charge < -0.3 is 15.3 Å². The molecule has 0 radical (unpaired) electrons. The molecule has 0 bridgehead atoms. The zero-order valence-electron chi connectivity index (χ0n) is 55.9. The van der Waals surface area contributed by atoms with E-state index in [1.807, 2.05) is 57.0 Å². The van der Waals surface area contributed by atoms with Gasteiger partial charge in [0.25, 0.3) is 0 Å². The van der Waals surface area contributed by atoms with Gasteiger partial charge in [-0.25, -0.2) is 0 Å². The van der Waals surface area contributed by atoms with E-state index in [2.05, 4.69) is 90.8 Å². The fourth-order valence-corrected chi connectivity index (χ4v) is 23.9. The number of hydrogen-bond donors (Lipinski definition) is 3. The highest BCUT2D eigenvalue weighted by Gasteiger charge is 2.61. The summed E-state index contributed by atoms with van der Waals surface area (Å²) < 4.78 is 5.85. The topological polar surface area (TPSA) is 148 Å². The van der Waals surface area contributed by atoms with Crippen LogP contribution in [0.2, 0.25) is 0 Å². The molecule has 11 nitrogen and oxygen atoms in total. The molecule has 11 heteroatoms. The van der Waals surface area contributed by atoms with Crippen LogP contribution in [-0.2, 0) is 29.2 Å². The van der Waals surface area contributed by atoms with Crippen molar-refractivity contribution < 1.29 is 24.9 Å². The number of nitrogens with zero attached hydrogens (tertiary/aromatic N) is 6. The minimum atomic E-state index is -0.508. The van der Waals surface area contributed by atoms with Crippen LogP contribution in [0.3, 0.4) is 0 Å². The predicted octanol–water partition coefficient (Wildman–Crippen LogP) is 15.4. The molecular formula is C77H112N6O5. The summed E-state index contributed by atoms with van der Waals surface area (Å²) in [5.74, 6) is 10.8. The third-order valence-electron chi connectivity index (χ3n) is 28.2. The van der Waals surface area contributed by atoms with Gasteiger partial charge in [-0.3, -0.25) is 23.6 Å². The van der Waals surface area contributed by atoms with Crippen LogP contribution in [0.1, 0.15) is 218 Å². The van der Waals surface area contributed by atoms with E-state index < -0.39 is 16.8 Å². The first-order valence-electron chi connectivity index (χ1n) is 35.7. The van der Waals surface area contributed by atoms with Crippen LogP contribution in [0.15, 0.2) is 77.7 Å². The van der Waals surface area contributed by atoms with E-state index in [-0.39, 0.29) is 22.7 Å². The maximum absolute atomic E-state index is 13.4. The lowest BCUT2D eigenvalue weighted by Gasteiger charge is -2.54. The van der Waals surface area contributed by atoms with Crippen molar-refractivity contribution in [3.05, 3.63) is 100 Å². The molecule has 15 rings (SSSR count). The van der Waals surface area contributed by atoms with Crippen molar-refractivity contribution in [3.63, 3.8) is 0 Å². The number of ketones is 2. The molecule has 3 N–H and O–H groups in total. The Labute approximate surface area is 528 Å². The van der Waals surface area contributed by atoms with Crippen LogP contribution in [0.25, 0.3) is 0 Å². The first-order chi connectivity index (χ1) is 41.7. The zero-order chi connectivity index (χ0) is 62.0. The molecule has 21 atom stereocenters. The van der Waals surface area contributed by atoms with Gasteiger partial charge in [0.15, 0.2) is 11.6 Å². The SMILES string of the molecule is C=C(Cn1ccc(C)n1)[C@H]1CC[C@H]2[C@@H]3CC=C4C[C@](C)(O)CC[C@@H]4[C@H]3CC[C@]12C.Cc1cc(C)n(CC(=O)[C@H]2CC[C@H]3[C@@H]4CC=C5C[C@](C)(O)CC[C@@H]5[C@H]4CC[C@]23C)n1.Cc1ccnn1CC(=O)[C@H]1CC[C@H]2[C@@H]3CC=C4C[C@](C)(O)CC[C@@H]4[C@H]3CC[C@]12C. The van der Waals surface area contributed by atoms with Crippen molar-refractivity contribution in [1.82, 2.24) is 29.3 Å². The van der Waals surface area contributed by atoms with E-state index in [0.29, 0.717) is 59.7 Å². The Morgan fingerprint density at radius 1 is 0.489 bits per heavy atom. The van der Waals surface area contributed by atoms with Gasteiger partial charge in [0.1, 0.15) is 13.1 Å². The summed E-state index contributed by atoms with van der Waals surface area (Å²) in [6.07, 6.45) is 38.7. The third-order valence-corrected chi connectivity index (χ3v) is 28.2. The summed E-state index contributed by atoms with van der Waals surface area (Å²) in [5, 5.41) is 45.1. The molecule has 3 aromatic rings. The Bertz CT molecular complexity index is 3220. The zero-order valence-corrected chi connectivity index (χ0v) is 55.9. The van der Waals surface area contributed by atoms with Gasteiger partial charge in [-0.2, -0.15) is 15.3 Å². The molecule has 88 heavy (non-hydrogen) atoms. The molecule has 9 saturated carbocycles. The monoisotopic (exact) mass is 1200 g/mol. The Balaban J connectivity index is 0.000000122. The standard InChI is InChI=1S/C26H38N2O2.C26H38N2O.C25H36N2O2/c1-16-13-17(2)28(27-16)15-24(29)23-8-7-22-21-6-5-18-14-25(3,30)11-9-19(18)20(21)10-12-26(22,23)4;1-17(16-28-14-11-18(2)27-28)23-7-8-24-22-6-5-19-15-25(3,29)12-9-20(19)21(22)10-13-26(23,24)4;1-16-10-13-26-27(16)15-23(28)22-7-6-21-20-5-4-17-14-24(2,29)11-8-18(17)19(20)9-12-25(21,22)3/h5,13,19-23,30H,6-12,14-15H2,1-4H3;5,11,14,20-24,29H,1,6-10,12-13,15-16H2,2-4H3;4,10,13,18-22,29H,5-9,11-12,14-15H2,1-3H3/t19-,20+,21+,22-,23+,25+,26-;20-,21+,22+,23+,24-,25+,26+;18-,19+,20+,21-,22+,24+,25-/m000/s1. The Hall–Kier alpha value is -4.19. The molecule has 0 unspecified atom stereocenters. The summed E-state index contributed by atoms with van der Waals surface area (Å²) in [7, 11) is 0. The largest absolute Gasteiger partial charge is 0.390 e. The molecule has 480 valence electrons. The minimum Gasteiger partial charge on any atom is -0.390 e. The molecule has 0 aromatic carbocycles. The molecule has 12 aliphatic rings. The normalized spacial score (nSPS) is 43.5. The average molecular weight is 1200 g/mol. The number of aryl methyl sites for hydroxylation is 4. The summed E-state index contributed by atoms with van der Waals surface area (Å²) in [5.41, 5.74) is 9.50. The summed E-state index contributed by atoms with van der Waals surface area (Å²) in [6, 6.07) is 6.13. The van der Waals surface area contributed by atoms with Crippen molar-refractivity contribution in [2.75, 3.05) is 0 Å². The number of carbonyl (C=O) groups is 2. The minimum absolute atomic E-state index is 0.153. The Morgan fingerprint density at radius 2 is 0.909 bits per heavy atom. The number of Topliss-reactive ketones (excluding diaryl/α,β-unsaturated/α-hetero) is 2. The van der Waals surface area contributed by atoms with Gasteiger partial charge in [-0.15, -0.1) is 0 Å². The Kier molecular flexibility index (Phi) is 16.7. The first-order valence-corrected chi connectivity index (χ1v) is 35.7. The molecule has 3 aromatic heterocycles. The van der Waals surface area contributed by atoms with E-state index >= 15 is 0 Å². The highest BCUT2D eigenvalue weighted by atomic mass is 16.3. The molecule has 0 amide bonds. The number of fused-ring (bicyclic) bond motifs is 15. The van der Waals surface area contributed by atoms with E-state index in [1.165, 1.54) is 93.8 Å². The smallest absolute Gasteiger partial charge is 0.157 e. The second kappa shape index (κ2) is 23.4. The number of rotatable bonds is 9. The lowest BCUT2D eigenvalue weighted by atomic mass is 9.51. The van der Waals surface area contributed by atoms with Crippen LogP contribution in [0.5, 0.6) is 0 Å². The van der Waals surface area contributed by atoms with Crippen molar-refractivity contribution in [2.24, 2.45) is 105 Å². The van der Waals surface area contributed by atoms with Gasteiger partial charge in [0.2, 0.25) is 0 Å². The van der Waals surface area contributed by atoms with Crippen molar-refractivity contribution >= 4 is 11.6 Å². The van der Waals surface area contributed by atoms with Gasteiger partial charge in [0, 0.05) is 35.6 Å². The molecular weight excluding hydrogens is 1090 g/mol. The van der Waals surface area contributed by atoms with Crippen LogP contribution >= 0.6 is 0 Å². The van der Waals surface area contributed by atoms with Gasteiger partial charge in [-0.05, 0) is 314 Å². The molecule has 3 heterocycles. The second-order valence-electron chi connectivity index (χ2n) is 33.8. The highest BCUT2D eigenvalue weighted by molar-refractivity contribution is 5.82. The lowest BCUT2D eigenvalue weighted by molar-refractivity contribution is -0.130. The number of hydrogen-bond acceptors (Lipinski definition) is 8. The van der Waals surface area contributed by atoms with Gasteiger partial charge in [0.05, 0.1) is 34.7 Å².